The van der Waals surface area contributed by atoms with Gasteiger partial charge in [-0.1, -0.05) is 36.4 Å². The molecule has 5 heteroatoms. The van der Waals surface area contributed by atoms with Gasteiger partial charge in [-0.05, 0) is 11.6 Å². The number of carbonyl (C=O) groups excluding carboxylic acids is 2. The summed E-state index contributed by atoms with van der Waals surface area (Å²) in [6, 6.07) is 7.19. The van der Waals surface area contributed by atoms with Crippen molar-refractivity contribution in [3.8, 4) is 0 Å². The number of rotatable bonds is 4. The van der Waals surface area contributed by atoms with E-state index < -0.39 is 5.91 Å². The summed E-state index contributed by atoms with van der Waals surface area (Å²) in [5, 5.41) is 5.50. The molecular formula is C12H13ClN2O2. The highest BCUT2D eigenvalue weighted by Crippen LogP contribution is 2.14. The Kier molecular flexibility index (Phi) is 4.72. The third-order valence-corrected chi connectivity index (χ3v) is 2.37. The molecule has 0 heterocycles. The SMILES string of the molecule is C=C(NC(C)=O)C(=O)NCc1ccccc1Cl. The molecule has 1 aromatic rings. The molecule has 0 saturated carbocycles. The Morgan fingerprint density at radius 1 is 1.35 bits per heavy atom. The lowest BCUT2D eigenvalue weighted by Crippen LogP contribution is -2.32. The second kappa shape index (κ2) is 6.06. The number of halogens is 1. The molecule has 1 aromatic carbocycles. The van der Waals surface area contributed by atoms with E-state index in [0.29, 0.717) is 5.02 Å². The highest BCUT2D eigenvalue weighted by molar-refractivity contribution is 6.31. The summed E-state index contributed by atoms with van der Waals surface area (Å²) in [6.45, 7) is 5.05. The molecule has 90 valence electrons. The summed E-state index contributed by atoms with van der Waals surface area (Å²) in [5.74, 6) is -0.761. The van der Waals surface area contributed by atoms with Crippen LogP contribution in [0.3, 0.4) is 0 Å². The minimum absolute atomic E-state index is 0.0181. The minimum Gasteiger partial charge on any atom is -0.347 e. The molecule has 2 N–H and O–H groups in total. The zero-order valence-corrected chi connectivity index (χ0v) is 10.2. The smallest absolute Gasteiger partial charge is 0.267 e. The third kappa shape index (κ3) is 4.28. The average molecular weight is 253 g/mol. The maximum Gasteiger partial charge on any atom is 0.267 e. The Labute approximate surface area is 105 Å². The lowest BCUT2D eigenvalue weighted by atomic mass is 10.2. The average Bonchev–Trinajstić information content (AvgIpc) is 2.26. The summed E-state index contributed by atoms with van der Waals surface area (Å²) in [5.41, 5.74) is 0.822. The maximum absolute atomic E-state index is 11.5. The van der Waals surface area contributed by atoms with Crippen LogP contribution in [0.2, 0.25) is 5.02 Å². The van der Waals surface area contributed by atoms with Crippen LogP contribution in [0.4, 0.5) is 0 Å². The molecule has 0 radical (unpaired) electrons. The van der Waals surface area contributed by atoms with E-state index in [9.17, 15) is 9.59 Å². The van der Waals surface area contributed by atoms with E-state index in [1.54, 1.807) is 6.07 Å². The van der Waals surface area contributed by atoms with Gasteiger partial charge in [-0.15, -0.1) is 0 Å². The van der Waals surface area contributed by atoms with Crippen molar-refractivity contribution in [3.05, 3.63) is 47.1 Å². The van der Waals surface area contributed by atoms with Gasteiger partial charge in [0.1, 0.15) is 0 Å². The van der Waals surface area contributed by atoms with Crippen LogP contribution in [0.25, 0.3) is 0 Å². The Bertz CT molecular complexity index is 458. The van der Waals surface area contributed by atoms with Crippen LogP contribution in [-0.4, -0.2) is 11.8 Å². The molecule has 0 fully saturated rings. The molecule has 0 aliphatic carbocycles. The van der Waals surface area contributed by atoms with Gasteiger partial charge >= 0.3 is 0 Å². The van der Waals surface area contributed by atoms with Gasteiger partial charge in [0.15, 0.2) is 0 Å². The van der Waals surface area contributed by atoms with Crippen molar-refractivity contribution in [1.29, 1.82) is 0 Å². The Morgan fingerprint density at radius 2 is 2.00 bits per heavy atom. The molecule has 4 nitrogen and oxygen atoms in total. The van der Waals surface area contributed by atoms with Crippen LogP contribution >= 0.6 is 11.6 Å². The van der Waals surface area contributed by atoms with Gasteiger partial charge in [-0.25, -0.2) is 0 Å². The first kappa shape index (κ1) is 13.3. The summed E-state index contributed by atoms with van der Waals surface area (Å²) in [6.07, 6.45) is 0. The van der Waals surface area contributed by atoms with Gasteiger partial charge < -0.3 is 10.6 Å². The highest BCUT2D eigenvalue weighted by Gasteiger charge is 2.08. The molecule has 1 rings (SSSR count). The van der Waals surface area contributed by atoms with E-state index in [0.717, 1.165) is 5.56 Å². The van der Waals surface area contributed by atoms with Crippen LogP contribution in [0.1, 0.15) is 12.5 Å². The zero-order chi connectivity index (χ0) is 12.8. The molecule has 0 aliphatic rings. The number of hydrogen-bond donors (Lipinski definition) is 2. The molecule has 0 bridgehead atoms. The van der Waals surface area contributed by atoms with Crippen molar-refractivity contribution in [2.45, 2.75) is 13.5 Å². The van der Waals surface area contributed by atoms with Crippen molar-refractivity contribution in [2.24, 2.45) is 0 Å². The van der Waals surface area contributed by atoms with Crippen LogP contribution in [0, 0.1) is 0 Å². The fourth-order valence-electron chi connectivity index (χ4n) is 1.19. The first-order valence-electron chi connectivity index (χ1n) is 4.99. The topological polar surface area (TPSA) is 58.2 Å². The van der Waals surface area contributed by atoms with Crippen molar-refractivity contribution >= 4 is 23.4 Å². The van der Waals surface area contributed by atoms with E-state index in [2.05, 4.69) is 17.2 Å². The quantitative estimate of drug-likeness (QED) is 0.800. The van der Waals surface area contributed by atoms with Gasteiger partial charge in [0.2, 0.25) is 5.91 Å². The van der Waals surface area contributed by atoms with E-state index >= 15 is 0 Å². The van der Waals surface area contributed by atoms with Crippen LogP contribution in [0.5, 0.6) is 0 Å². The van der Waals surface area contributed by atoms with Gasteiger partial charge in [0.25, 0.3) is 5.91 Å². The standard InChI is InChI=1S/C12H13ClN2O2/c1-8(15-9(2)16)12(17)14-7-10-5-3-4-6-11(10)13/h3-6H,1,7H2,2H3,(H,14,17)(H,15,16). The molecule has 0 aliphatic heterocycles. The molecule has 0 saturated heterocycles. The van der Waals surface area contributed by atoms with E-state index in [-0.39, 0.29) is 18.1 Å². The van der Waals surface area contributed by atoms with Crippen molar-refractivity contribution in [1.82, 2.24) is 10.6 Å². The first-order chi connectivity index (χ1) is 8.00. The highest BCUT2D eigenvalue weighted by atomic mass is 35.5. The first-order valence-corrected chi connectivity index (χ1v) is 5.36. The second-order valence-corrected chi connectivity index (χ2v) is 3.84. The van der Waals surface area contributed by atoms with E-state index in [1.807, 2.05) is 18.2 Å². The summed E-state index contributed by atoms with van der Waals surface area (Å²) < 4.78 is 0. The number of benzene rings is 1. The second-order valence-electron chi connectivity index (χ2n) is 3.43. The molecule has 2 amide bonds. The van der Waals surface area contributed by atoms with Gasteiger partial charge in [-0.3, -0.25) is 9.59 Å². The van der Waals surface area contributed by atoms with E-state index in [1.165, 1.54) is 6.92 Å². The number of carbonyl (C=O) groups is 2. The Hall–Kier alpha value is -1.81. The molecular weight excluding hydrogens is 240 g/mol. The zero-order valence-electron chi connectivity index (χ0n) is 9.42. The monoisotopic (exact) mass is 252 g/mol. The maximum atomic E-state index is 11.5. The van der Waals surface area contributed by atoms with Crippen LogP contribution < -0.4 is 10.6 Å². The number of hydrogen-bond acceptors (Lipinski definition) is 2. The molecule has 0 unspecified atom stereocenters. The normalized spacial score (nSPS) is 9.53. The fraction of sp³-hybridized carbons (Fsp3) is 0.167. The van der Waals surface area contributed by atoms with E-state index in [4.69, 9.17) is 11.6 Å². The lowest BCUT2D eigenvalue weighted by molar-refractivity contribution is -0.122. The summed E-state index contributed by atoms with van der Waals surface area (Å²) >= 11 is 5.93. The lowest BCUT2D eigenvalue weighted by Gasteiger charge is -2.08. The fourth-order valence-corrected chi connectivity index (χ4v) is 1.40. The predicted octanol–water partition coefficient (Wildman–Crippen LogP) is 1.61. The minimum atomic E-state index is -0.430. The third-order valence-electron chi connectivity index (χ3n) is 2.00. The molecule has 0 aromatic heterocycles. The predicted molar refractivity (Wildman–Crippen MR) is 66.3 cm³/mol. The molecule has 17 heavy (non-hydrogen) atoms. The van der Waals surface area contributed by atoms with Gasteiger partial charge in [0.05, 0.1) is 5.70 Å². The van der Waals surface area contributed by atoms with Crippen LogP contribution in [0.15, 0.2) is 36.5 Å². The summed E-state index contributed by atoms with van der Waals surface area (Å²) in [7, 11) is 0. The van der Waals surface area contributed by atoms with Gasteiger partial charge in [-0.2, -0.15) is 0 Å². The molecule has 0 spiro atoms. The Balaban J connectivity index is 2.51. The summed E-state index contributed by atoms with van der Waals surface area (Å²) in [4.78, 5) is 22.2. The van der Waals surface area contributed by atoms with Gasteiger partial charge in [0, 0.05) is 18.5 Å². The molecule has 0 atom stereocenters. The largest absolute Gasteiger partial charge is 0.347 e. The van der Waals surface area contributed by atoms with Crippen molar-refractivity contribution in [2.75, 3.05) is 0 Å². The van der Waals surface area contributed by atoms with Crippen molar-refractivity contribution in [3.63, 3.8) is 0 Å². The Morgan fingerprint density at radius 3 is 2.59 bits per heavy atom. The van der Waals surface area contributed by atoms with Crippen molar-refractivity contribution < 1.29 is 9.59 Å². The number of amides is 2. The number of nitrogens with one attached hydrogen (secondary N) is 2. The van der Waals surface area contributed by atoms with Crippen LogP contribution in [-0.2, 0) is 16.1 Å².